The molecule has 2 aliphatic carbocycles. The Morgan fingerprint density at radius 3 is 2.89 bits per heavy atom. The summed E-state index contributed by atoms with van der Waals surface area (Å²) in [6.45, 7) is 5.33. The van der Waals surface area contributed by atoms with Gasteiger partial charge in [0.2, 0.25) is 0 Å². The van der Waals surface area contributed by atoms with Gasteiger partial charge in [-0.05, 0) is 56.9 Å². The molecule has 0 saturated heterocycles. The van der Waals surface area contributed by atoms with Crippen LogP contribution in [0, 0.1) is 6.92 Å². The lowest BCUT2D eigenvalue weighted by Gasteiger charge is -2.15. The quantitative estimate of drug-likeness (QED) is 0.812. The SMILES string of the molecule is C=NC(=O)Nc1c(C)c(C2CC2)nc2c1CCC2. The van der Waals surface area contributed by atoms with Crippen molar-refractivity contribution in [2.75, 3.05) is 5.32 Å². The molecular weight excluding hydrogens is 226 g/mol. The number of fused-ring (bicyclic) bond motifs is 1. The van der Waals surface area contributed by atoms with Crippen molar-refractivity contribution >= 4 is 18.4 Å². The smallest absolute Gasteiger partial charge is 0.305 e. The average molecular weight is 243 g/mol. The molecule has 1 N–H and O–H groups in total. The van der Waals surface area contributed by atoms with Crippen molar-refractivity contribution in [1.82, 2.24) is 4.98 Å². The van der Waals surface area contributed by atoms with Crippen LogP contribution in [0.4, 0.5) is 10.5 Å². The van der Waals surface area contributed by atoms with Crippen LogP contribution in [-0.2, 0) is 12.8 Å². The maximum atomic E-state index is 11.5. The fourth-order valence-electron chi connectivity index (χ4n) is 2.77. The summed E-state index contributed by atoms with van der Waals surface area (Å²) in [5.74, 6) is 0.600. The largest absolute Gasteiger partial charge is 0.344 e. The van der Waals surface area contributed by atoms with Gasteiger partial charge in [0.05, 0.1) is 5.69 Å². The number of carbonyl (C=O) groups is 1. The first kappa shape index (κ1) is 11.4. The number of aromatic nitrogens is 1. The Morgan fingerprint density at radius 1 is 1.44 bits per heavy atom. The maximum absolute atomic E-state index is 11.5. The number of rotatable bonds is 2. The van der Waals surface area contributed by atoms with E-state index < -0.39 is 0 Å². The van der Waals surface area contributed by atoms with Crippen molar-refractivity contribution in [3.8, 4) is 0 Å². The Kier molecular flexibility index (Phi) is 2.65. The van der Waals surface area contributed by atoms with Crippen LogP contribution in [-0.4, -0.2) is 17.7 Å². The second kappa shape index (κ2) is 4.19. The number of carbonyl (C=O) groups excluding carboxylic acids is 1. The van der Waals surface area contributed by atoms with Gasteiger partial charge < -0.3 is 5.32 Å². The normalized spacial score (nSPS) is 17.4. The Bertz CT molecular complexity index is 532. The van der Waals surface area contributed by atoms with E-state index in [1.54, 1.807) is 0 Å². The molecule has 1 aromatic heterocycles. The number of amides is 2. The predicted octanol–water partition coefficient (Wildman–Crippen LogP) is 2.99. The number of hydrogen-bond donors (Lipinski definition) is 1. The Hall–Kier alpha value is -1.71. The zero-order valence-electron chi connectivity index (χ0n) is 10.6. The molecule has 0 bridgehead atoms. The van der Waals surface area contributed by atoms with Gasteiger partial charge in [0.25, 0.3) is 0 Å². The summed E-state index contributed by atoms with van der Waals surface area (Å²) >= 11 is 0. The standard InChI is InChI=1S/C14H17N3O/c1-8-12(9-6-7-9)16-11-5-3-4-10(11)13(8)17-14(18)15-2/h9H,2-7H2,1H3,(H,16,17,18). The summed E-state index contributed by atoms with van der Waals surface area (Å²) < 4.78 is 0. The highest BCUT2D eigenvalue weighted by atomic mass is 16.2. The van der Waals surface area contributed by atoms with Gasteiger partial charge >= 0.3 is 6.03 Å². The van der Waals surface area contributed by atoms with Gasteiger partial charge in [0.15, 0.2) is 0 Å². The number of nitrogens with zero attached hydrogens (tertiary/aromatic N) is 2. The molecule has 2 aliphatic rings. The van der Waals surface area contributed by atoms with Gasteiger partial charge in [0, 0.05) is 17.3 Å². The third kappa shape index (κ3) is 1.82. The molecule has 0 radical (unpaired) electrons. The van der Waals surface area contributed by atoms with Gasteiger partial charge in [-0.1, -0.05) is 0 Å². The highest BCUT2D eigenvalue weighted by molar-refractivity contribution is 5.94. The van der Waals surface area contributed by atoms with E-state index in [9.17, 15) is 4.79 Å². The van der Waals surface area contributed by atoms with Crippen LogP contribution in [0.5, 0.6) is 0 Å². The summed E-state index contributed by atoms with van der Waals surface area (Å²) in [5.41, 5.74) is 5.61. The molecule has 94 valence electrons. The molecule has 1 saturated carbocycles. The molecule has 18 heavy (non-hydrogen) atoms. The van der Waals surface area contributed by atoms with Gasteiger partial charge in [-0.15, -0.1) is 0 Å². The topological polar surface area (TPSA) is 54.4 Å². The van der Waals surface area contributed by atoms with E-state index in [0.29, 0.717) is 5.92 Å². The first-order valence-electron chi connectivity index (χ1n) is 6.50. The van der Waals surface area contributed by atoms with Crippen LogP contribution in [0.25, 0.3) is 0 Å². The second-order valence-corrected chi connectivity index (χ2v) is 5.14. The number of anilines is 1. The average Bonchev–Trinajstić information content (AvgIpc) is 3.10. The second-order valence-electron chi connectivity index (χ2n) is 5.14. The van der Waals surface area contributed by atoms with E-state index in [1.807, 2.05) is 0 Å². The van der Waals surface area contributed by atoms with E-state index >= 15 is 0 Å². The minimum absolute atomic E-state index is 0.375. The van der Waals surface area contributed by atoms with E-state index in [0.717, 1.165) is 30.5 Å². The lowest BCUT2D eigenvalue weighted by molar-refractivity contribution is 0.259. The van der Waals surface area contributed by atoms with E-state index in [4.69, 9.17) is 4.98 Å². The van der Waals surface area contributed by atoms with Crippen molar-refractivity contribution < 1.29 is 4.79 Å². The van der Waals surface area contributed by atoms with Crippen LogP contribution < -0.4 is 5.32 Å². The Morgan fingerprint density at radius 2 is 2.22 bits per heavy atom. The summed E-state index contributed by atoms with van der Waals surface area (Å²) in [6, 6.07) is -0.375. The van der Waals surface area contributed by atoms with E-state index in [2.05, 4.69) is 24.0 Å². The third-order valence-corrected chi connectivity index (χ3v) is 3.84. The minimum atomic E-state index is -0.375. The minimum Gasteiger partial charge on any atom is -0.305 e. The zero-order valence-corrected chi connectivity index (χ0v) is 10.6. The fraction of sp³-hybridized carbons (Fsp3) is 0.500. The molecule has 3 rings (SSSR count). The van der Waals surface area contributed by atoms with Crippen LogP contribution >= 0.6 is 0 Å². The molecule has 2 amide bonds. The molecule has 0 spiro atoms. The zero-order chi connectivity index (χ0) is 12.7. The van der Waals surface area contributed by atoms with E-state index in [1.165, 1.54) is 29.8 Å². The summed E-state index contributed by atoms with van der Waals surface area (Å²) in [6.07, 6.45) is 5.60. The molecule has 0 aromatic carbocycles. The molecule has 0 atom stereocenters. The number of hydrogen-bond acceptors (Lipinski definition) is 2. The number of aryl methyl sites for hydroxylation is 1. The summed E-state index contributed by atoms with van der Waals surface area (Å²) in [4.78, 5) is 19.7. The van der Waals surface area contributed by atoms with Crippen molar-refractivity contribution in [2.45, 2.75) is 44.9 Å². The van der Waals surface area contributed by atoms with Gasteiger partial charge in [-0.2, -0.15) is 0 Å². The first-order chi connectivity index (χ1) is 8.70. The number of nitrogens with one attached hydrogen (secondary N) is 1. The molecular formula is C14H17N3O. The van der Waals surface area contributed by atoms with Gasteiger partial charge in [-0.25, -0.2) is 9.79 Å². The molecule has 4 heteroatoms. The van der Waals surface area contributed by atoms with Crippen LogP contribution in [0.2, 0.25) is 0 Å². The first-order valence-corrected chi connectivity index (χ1v) is 6.50. The molecule has 4 nitrogen and oxygen atoms in total. The van der Waals surface area contributed by atoms with Gasteiger partial charge in [0.1, 0.15) is 0 Å². The number of pyridine rings is 1. The molecule has 1 aromatic rings. The van der Waals surface area contributed by atoms with Crippen molar-refractivity contribution in [3.05, 3.63) is 22.5 Å². The number of aliphatic imine (C=N–C) groups is 1. The summed E-state index contributed by atoms with van der Waals surface area (Å²) in [5, 5.41) is 2.88. The third-order valence-electron chi connectivity index (χ3n) is 3.84. The van der Waals surface area contributed by atoms with E-state index in [-0.39, 0.29) is 6.03 Å². The predicted molar refractivity (Wildman–Crippen MR) is 71.5 cm³/mol. The Balaban J connectivity index is 2.08. The van der Waals surface area contributed by atoms with Gasteiger partial charge in [-0.3, -0.25) is 4.98 Å². The van der Waals surface area contributed by atoms with Crippen molar-refractivity contribution in [2.24, 2.45) is 4.99 Å². The van der Waals surface area contributed by atoms with Crippen molar-refractivity contribution in [1.29, 1.82) is 0 Å². The molecule has 0 unspecified atom stereocenters. The van der Waals surface area contributed by atoms with Crippen LogP contribution in [0.15, 0.2) is 4.99 Å². The highest BCUT2D eigenvalue weighted by Gasteiger charge is 2.31. The highest BCUT2D eigenvalue weighted by Crippen LogP contribution is 2.44. The van der Waals surface area contributed by atoms with Crippen molar-refractivity contribution in [3.63, 3.8) is 0 Å². The van der Waals surface area contributed by atoms with Crippen LogP contribution in [0.1, 0.15) is 47.7 Å². The molecule has 0 aliphatic heterocycles. The lowest BCUT2D eigenvalue weighted by atomic mass is 10.0. The summed E-state index contributed by atoms with van der Waals surface area (Å²) in [7, 11) is 0. The molecule has 1 heterocycles. The molecule has 1 fully saturated rings. The van der Waals surface area contributed by atoms with Crippen LogP contribution in [0.3, 0.4) is 0 Å². The Labute approximate surface area is 107 Å². The number of urea groups is 1. The lowest BCUT2D eigenvalue weighted by Crippen LogP contribution is -2.12. The maximum Gasteiger partial charge on any atom is 0.344 e. The fourth-order valence-corrected chi connectivity index (χ4v) is 2.77. The monoisotopic (exact) mass is 243 g/mol.